The van der Waals surface area contributed by atoms with Gasteiger partial charge in [0.2, 0.25) is 0 Å². The van der Waals surface area contributed by atoms with Crippen molar-refractivity contribution in [2.24, 2.45) is 0 Å². The monoisotopic (exact) mass is 307 g/mol. The molecular weight excluding hydrogens is 286 g/mol. The van der Waals surface area contributed by atoms with Crippen LogP contribution in [0, 0.1) is 0 Å². The van der Waals surface area contributed by atoms with E-state index in [9.17, 15) is 9.59 Å². The summed E-state index contributed by atoms with van der Waals surface area (Å²) in [4.78, 5) is 25.8. The van der Waals surface area contributed by atoms with Crippen LogP contribution in [-0.2, 0) is 14.3 Å². The quantitative estimate of drug-likeness (QED) is 0.789. The van der Waals surface area contributed by atoms with E-state index in [-0.39, 0.29) is 24.7 Å². The Bertz CT molecular complexity index is 535. The van der Waals surface area contributed by atoms with Crippen molar-refractivity contribution in [2.45, 2.75) is 26.1 Å². The first-order chi connectivity index (χ1) is 10.5. The Kier molecular flexibility index (Phi) is 5.38. The van der Waals surface area contributed by atoms with Crippen molar-refractivity contribution in [3.63, 3.8) is 0 Å². The second kappa shape index (κ2) is 7.26. The SMILES string of the molecule is COc1ccccc1C(=O)OCC(=O)N1C[C@H](C)O[C@@H](C)C1. The molecule has 0 spiro atoms. The van der Waals surface area contributed by atoms with E-state index in [2.05, 4.69) is 0 Å². The minimum absolute atomic E-state index is 0.0161. The second-order valence-electron chi connectivity index (χ2n) is 5.33. The van der Waals surface area contributed by atoms with Crippen LogP contribution in [0.2, 0.25) is 0 Å². The molecule has 0 unspecified atom stereocenters. The number of carbonyl (C=O) groups is 2. The molecule has 0 aromatic heterocycles. The number of hydrogen-bond acceptors (Lipinski definition) is 5. The number of methoxy groups -OCH3 is 1. The average molecular weight is 307 g/mol. The summed E-state index contributed by atoms with van der Waals surface area (Å²) in [6.45, 7) is 4.56. The number of rotatable bonds is 4. The number of para-hydroxylation sites is 1. The van der Waals surface area contributed by atoms with Crippen molar-refractivity contribution in [1.29, 1.82) is 0 Å². The summed E-state index contributed by atoms with van der Waals surface area (Å²) in [6.07, 6.45) is -0.0322. The van der Waals surface area contributed by atoms with Crippen molar-refractivity contribution < 1.29 is 23.8 Å². The molecule has 1 amide bonds. The van der Waals surface area contributed by atoms with Crippen LogP contribution in [0.5, 0.6) is 5.75 Å². The van der Waals surface area contributed by atoms with Crippen LogP contribution in [0.1, 0.15) is 24.2 Å². The van der Waals surface area contributed by atoms with Gasteiger partial charge in [-0.1, -0.05) is 12.1 Å². The highest BCUT2D eigenvalue weighted by molar-refractivity contribution is 5.94. The maximum atomic E-state index is 12.1. The molecule has 1 fully saturated rings. The van der Waals surface area contributed by atoms with Gasteiger partial charge < -0.3 is 19.1 Å². The molecule has 2 rings (SSSR count). The first kappa shape index (κ1) is 16.3. The van der Waals surface area contributed by atoms with Gasteiger partial charge in [-0.05, 0) is 26.0 Å². The van der Waals surface area contributed by atoms with Crippen LogP contribution in [0.15, 0.2) is 24.3 Å². The molecule has 1 heterocycles. The number of hydrogen-bond donors (Lipinski definition) is 0. The third-order valence-electron chi connectivity index (χ3n) is 3.43. The summed E-state index contributed by atoms with van der Waals surface area (Å²) >= 11 is 0. The Hall–Kier alpha value is -2.08. The van der Waals surface area contributed by atoms with E-state index in [0.717, 1.165) is 0 Å². The zero-order valence-corrected chi connectivity index (χ0v) is 13.1. The van der Waals surface area contributed by atoms with E-state index in [1.807, 2.05) is 13.8 Å². The van der Waals surface area contributed by atoms with Gasteiger partial charge in [0.05, 0.1) is 19.3 Å². The van der Waals surface area contributed by atoms with Crippen LogP contribution < -0.4 is 4.74 Å². The first-order valence-electron chi connectivity index (χ1n) is 7.24. The van der Waals surface area contributed by atoms with E-state index in [4.69, 9.17) is 14.2 Å². The number of morpholine rings is 1. The molecular formula is C16H21NO5. The van der Waals surface area contributed by atoms with Crippen molar-refractivity contribution in [1.82, 2.24) is 4.90 Å². The summed E-state index contributed by atoms with van der Waals surface area (Å²) < 4.78 is 15.8. The van der Waals surface area contributed by atoms with Gasteiger partial charge in [0.25, 0.3) is 5.91 Å². The fraction of sp³-hybridized carbons (Fsp3) is 0.500. The summed E-state index contributed by atoms with van der Waals surface area (Å²) in [7, 11) is 1.48. The highest BCUT2D eigenvalue weighted by atomic mass is 16.5. The van der Waals surface area contributed by atoms with Gasteiger partial charge in [-0.2, -0.15) is 0 Å². The predicted octanol–water partition coefficient (Wildman–Crippen LogP) is 1.49. The molecule has 0 N–H and O–H groups in total. The molecule has 1 aromatic carbocycles. The van der Waals surface area contributed by atoms with Crippen molar-refractivity contribution in [3.8, 4) is 5.75 Å². The molecule has 120 valence electrons. The number of benzene rings is 1. The van der Waals surface area contributed by atoms with Crippen molar-refractivity contribution >= 4 is 11.9 Å². The lowest BCUT2D eigenvalue weighted by molar-refractivity contribution is -0.146. The smallest absolute Gasteiger partial charge is 0.342 e. The number of esters is 1. The van der Waals surface area contributed by atoms with Crippen LogP contribution >= 0.6 is 0 Å². The summed E-state index contributed by atoms with van der Waals surface area (Å²) in [5.74, 6) is -0.362. The van der Waals surface area contributed by atoms with E-state index in [1.165, 1.54) is 7.11 Å². The maximum Gasteiger partial charge on any atom is 0.342 e. The molecule has 6 nitrogen and oxygen atoms in total. The molecule has 1 aliphatic rings. The molecule has 0 aliphatic carbocycles. The van der Waals surface area contributed by atoms with Crippen LogP contribution in [0.25, 0.3) is 0 Å². The molecule has 1 aromatic rings. The van der Waals surface area contributed by atoms with Crippen LogP contribution in [0.4, 0.5) is 0 Å². The van der Waals surface area contributed by atoms with Gasteiger partial charge in [-0.15, -0.1) is 0 Å². The molecule has 0 saturated carbocycles. The lowest BCUT2D eigenvalue weighted by Crippen LogP contribution is -2.49. The third kappa shape index (κ3) is 3.98. The maximum absolute atomic E-state index is 12.1. The van der Waals surface area contributed by atoms with Gasteiger partial charge in [0.1, 0.15) is 11.3 Å². The zero-order chi connectivity index (χ0) is 16.1. The average Bonchev–Trinajstić information content (AvgIpc) is 2.51. The second-order valence-corrected chi connectivity index (χ2v) is 5.33. The molecule has 1 saturated heterocycles. The Labute approximate surface area is 129 Å². The first-order valence-corrected chi connectivity index (χ1v) is 7.24. The van der Waals surface area contributed by atoms with Gasteiger partial charge in [-0.3, -0.25) is 4.79 Å². The van der Waals surface area contributed by atoms with Crippen molar-refractivity contribution in [3.05, 3.63) is 29.8 Å². The molecule has 2 atom stereocenters. The Morgan fingerprint density at radius 1 is 1.23 bits per heavy atom. The number of ether oxygens (including phenoxy) is 3. The minimum Gasteiger partial charge on any atom is -0.496 e. The lowest BCUT2D eigenvalue weighted by Gasteiger charge is -2.35. The molecule has 22 heavy (non-hydrogen) atoms. The highest BCUT2D eigenvalue weighted by Gasteiger charge is 2.26. The molecule has 0 radical (unpaired) electrons. The van der Waals surface area contributed by atoms with E-state index in [1.54, 1.807) is 29.2 Å². The Morgan fingerprint density at radius 2 is 1.86 bits per heavy atom. The van der Waals surface area contributed by atoms with E-state index < -0.39 is 5.97 Å². The van der Waals surface area contributed by atoms with Gasteiger partial charge in [-0.25, -0.2) is 4.79 Å². The van der Waals surface area contributed by atoms with E-state index in [0.29, 0.717) is 24.4 Å². The number of carbonyl (C=O) groups excluding carboxylic acids is 2. The van der Waals surface area contributed by atoms with Gasteiger partial charge >= 0.3 is 5.97 Å². The fourth-order valence-corrected chi connectivity index (χ4v) is 2.49. The highest BCUT2D eigenvalue weighted by Crippen LogP contribution is 2.18. The third-order valence-corrected chi connectivity index (χ3v) is 3.43. The zero-order valence-electron chi connectivity index (χ0n) is 13.1. The summed E-state index contributed by atoms with van der Waals surface area (Å²) in [6, 6.07) is 6.75. The Morgan fingerprint density at radius 3 is 2.50 bits per heavy atom. The van der Waals surface area contributed by atoms with Gasteiger partial charge in [0, 0.05) is 13.1 Å². The van der Waals surface area contributed by atoms with Crippen LogP contribution in [-0.4, -0.2) is 55.8 Å². The predicted molar refractivity (Wildman–Crippen MR) is 79.9 cm³/mol. The van der Waals surface area contributed by atoms with Crippen LogP contribution in [0.3, 0.4) is 0 Å². The molecule has 6 heteroatoms. The standard InChI is InChI=1S/C16H21NO5/c1-11-8-17(9-12(2)22-11)15(18)10-21-16(19)13-6-4-5-7-14(13)20-3/h4-7,11-12H,8-10H2,1-3H3/t11-,12-/m0/s1. The summed E-state index contributed by atoms with van der Waals surface area (Å²) in [5, 5.41) is 0. The number of amides is 1. The fourth-order valence-electron chi connectivity index (χ4n) is 2.49. The number of nitrogens with zero attached hydrogens (tertiary/aromatic N) is 1. The Balaban J connectivity index is 1.92. The van der Waals surface area contributed by atoms with Crippen molar-refractivity contribution in [2.75, 3.05) is 26.8 Å². The molecule has 0 bridgehead atoms. The van der Waals surface area contributed by atoms with E-state index >= 15 is 0 Å². The minimum atomic E-state index is -0.569. The molecule has 1 aliphatic heterocycles. The largest absolute Gasteiger partial charge is 0.496 e. The topological polar surface area (TPSA) is 65.1 Å². The summed E-state index contributed by atoms with van der Waals surface area (Å²) in [5.41, 5.74) is 0.307. The normalized spacial score (nSPS) is 21.3. The van der Waals surface area contributed by atoms with Gasteiger partial charge in [0.15, 0.2) is 6.61 Å². The lowest BCUT2D eigenvalue weighted by atomic mass is 10.2.